The summed E-state index contributed by atoms with van der Waals surface area (Å²) in [5.41, 5.74) is 1.34. The molecule has 0 aliphatic carbocycles. The summed E-state index contributed by atoms with van der Waals surface area (Å²) in [5.74, 6) is 1.91. The van der Waals surface area contributed by atoms with Crippen LogP contribution >= 0.6 is 0 Å². The third kappa shape index (κ3) is 6.26. The van der Waals surface area contributed by atoms with E-state index < -0.39 is 0 Å². The molecule has 0 aliphatic heterocycles. The van der Waals surface area contributed by atoms with Crippen molar-refractivity contribution < 1.29 is 9.15 Å². The summed E-state index contributed by atoms with van der Waals surface area (Å²) < 4.78 is 11.5. The number of aryl methyl sites for hydroxylation is 1. The molecule has 0 aliphatic rings. The maximum atomic E-state index is 5.77. The van der Waals surface area contributed by atoms with Crippen molar-refractivity contribution in [1.29, 1.82) is 0 Å². The van der Waals surface area contributed by atoms with Crippen molar-refractivity contribution in [2.45, 2.75) is 79.2 Å². The van der Waals surface area contributed by atoms with Crippen LogP contribution < -0.4 is 5.32 Å². The quantitative estimate of drug-likeness (QED) is 0.804. The third-order valence-corrected chi connectivity index (χ3v) is 3.09. The molecule has 0 saturated carbocycles. The maximum Gasteiger partial charge on any atom is 0.130 e. The highest BCUT2D eigenvalue weighted by molar-refractivity contribution is 5.20. The number of ether oxygens (including phenoxy) is 1. The van der Waals surface area contributed by atoms with Crippen molar-refractivity contribution in [3.05, 3.63) is 23.2 Å². The monoisotopic (exact) mass is 267 g/mol. The molecule has 3 nitrogen and oxygen atoms in total. The van der Waals surface area contributed by atoms with E-state index in [0.29, 0.717) is 12.7 Å². The molecule has 0 bridgehead atoms. The van der Waals surface area contributed by atoms with Gasteiger partial charge < -0.3 is 14.5 Å². The molecule has 1 rings (SSSR count). The molecule has 0 amide bonds. The van der Waals surface area contributed by atoms with E-state index in [-0.39, 0.29) is 5.54 Å². The first kappa shape index (κ1) is 16.3. The lowest BCUT2D eigenvalue weighted by atomic mass is 10.1. The maximum absolute atomic E-state index is 5.77. The van der Waals surface area contributed by atoms with Gasteiger partial charge in [-0.3, -0.25) is 0 Å². The van der Waals surface area contributed by atoms with E-state index >= 15 is 0 Å². The van der Waals surface area contributed by atoms with E-state index in [1.54, 1.807) is 0 Å². The Hall–Kier alpha value is -0.800. The van der Waals surface area contributed by atoms with Crippen LogP contribution in [0.25, 0.3) is 0 Å². The molecule has 1 heterocycles. The molecule has 0 fully saturated rings. The second-order valence-corrected chi connectivity index (χ2v) is 6.31. The molecule has 19 heavy (non-hydrogen) atoms. The van der Waals surface area contributed by atoms with Gasteiger partial charge in [-0.25, -0.2) is 0 Å². The molecular weight excluding hydrogens is 238 g/mol. The van der Waals surface area contributed by atoms with E-state index in [4.69, 9.17) is 9.15 Å². The van der Waals surface area contributed by atoms with Gasteiger partial charge in [-0.15, -0.1) is 0 Å². The number of hydrogen-bond acceptors (Lipinski definition) is 3. The number of nitrogens with one attached hydrogen (secondary N) is 1. The predicted octanol–water partition coefficient (Wildman–Crippen LogP) is 4.18. The van der Waals surface area contributed by atoms with Gasteiger partial charge in [0.05, 0.1) is 6.10 Å². The first-order chi connectivity index (χ1) is 8.81. The molecule has 0 radical (unpaired) electrons. The molecule has 0 aromatic carbocycles. The average molecular weight is 267 g/mol. The Morgan fingerprint density at radius 2 is 2.05 bits per heavy atom. The topological polar surface area (TPSA) is 34.4 Å². The summed E-state index contributed by atoms with van der Waals surface area (Å²) in [6.45, 7) is 14.2. The second kappa shape index (κ2) is 7.11. The van der Waals surface area contributed by atoms with Gasteiger partial charge in [-0.05, 0) is 47.1 Å². The Balaban J connectivity index is 2.49. The molecular formula is C16H29NO2. The SMILES string of the molecule is CCCC(C)OCc1cc(CNC(C)(C)C)c(C)o1. The van der Waals surface area contributed by atoms with Crippen LogP contribution in [0.3, 0.4) is 0 Å². The summed E-state index contributed by atoms with van der Waals surface area (Å²) >= 11 is 0. The fourth-order valence-corrected chi connectivity index (χ4v) is 1.91. The van der Waals surface area contributed by atoms with Crippen molar-refractivity contribution in [2.75, 3.05) is 0 Å². The highest BCUT2D eigenvalue weighted by Gasteiger charge is 2.13. The molecule has 1 unspecified atom stereocenters. The smallest absolute Gasteiger partial charge is 0.130 e. The molecule has 1 N–H and O–H groups in total. The van der Waals surface area contributed by atoms with Crippen molar-refractivity contribution in [1.82, 2.24) is 5.32 Å². The first-order valence-electron chi connectivity index (χ1n) is 7.26. The van der Waals surface area contributed by atoms with Gasteiger partial charge in [-0.2, -0.15) is 0 Å². The van der Waals surface area contributed by atoms with E-state index in [2.05, 4.69) is 46.0 Å². The van der Waals surface area contributed by atoms with Gasteiger partial charge in [0, 0.05) is 17.6 Å². The van der Waals surface area contributed by atoms with Gasteiger partial charge in [-0.1, -0.05) is 13.3 Å². The van der Waals surface area contributed by atoms with Gasteiger partial charge in [0.25, 0.3) is 0 Å². The number of hydrogen-bond donors (Lipinski definition) is 1. The normalized spacial score (nSPS) is 13.8. The van der Waals surface area contributed by atoms with Crippen molar-refractivity contribution in [3.63, 3.8) is 0 Å². The zero-order chi connectivity index (χ0) is 14.5. The lowest BCUT2D eigenvalue weighted by Crippen LogP contribution is -2.35. The Kier molecular flexibility index (Phi) is 6.08. The Morgan fingerprint density at radius 1 is 1.37 bits per heavy atom. The van der Waals surface area contributed by atoms with Gasteiger partial charge in [0.1, 0.15) is 18.1 Å². The lowest BCUT2D eigenvalue weighted by Gasteiger charge is -2.20. The fourth-order valence-electron chi connectivity index (χ4n) is 1.91. The van der Waals surface area contributed by atoms with Crippen molar-refractivity contribution >= 4 is 0 Å². The summed E-state index contributed by atoms with van der Waals surface area (Å²) in [6, 6.07) is 2.10. The highest BCUT2D eigenvalue weighted by Crippen LogP contribution is 2.17. The standard InChI is InChI=1S/C16H29NO2/c1-7-8-12(2)18-11-15-9-14(13(3)19-15)10-17-16(4,5)6/h9,12,17H,7-8,10-11H2,1-6H3. The molecule has 1 aromatic rings. The Bertz CT molecular complexity index is 377. The second-order valence-electron chi connectivity index (χ2n) is 6.31. The van der Waals surface area contributed by atoms with Crippen LogP contribution in [-0.4, -0.2) is 11.6 Å². The van der Waals surface area contributed by atoms with Gasteiger partial charge in [0.2, 0.25) is 0 Å². The van der Waals surface area contributed by atoms with E-state index in [1.165, 1.54) is 5.56 Å². The number of furan rings is 1. The first-order valence-corrected chi connectivity index (χ1v) is 7.26. The summed E-state index contributed by atoms with van der Waals surface area (Å²) in [6.07, 6.45) is 2.54. The third-order valence-electron chi connectivity index (χ3n) is 3.09. The van der Waals surface area contributed by atoms with Crippen LogP contribution in [0.5, 0.6) is 0 Å². The summed E-state index contributed by atoms with van der Waals surface area (Å²) in [5, 5.41) is 3.48. The van der Waals surface area contributed by atoms with Crippen LogP contribution in [0.4, 0.5) is 0 Å². The Labute approximate surface area is 117 Å². The van der Waals surface area contributed by atoms with Crippen LogP contribution in [0.2, 0.25) is 0 Å². The van der Waals surface area contributed by atoms with Crippen LogP contribution in [0.15, 0.2) is 10.5 Å². The molecule has 3 heteroatoms. The van der Waals surface area contributed by atoms with Gasteiger partial charge >= 0.3 is 0 Å². The van der Waals surface area contributed by atoms with Crippen LogP contribution in [-0.2, 0) is 17.9 Å². The summed E-state index contributed by atoms with van der Waals surface area (Å²) in [4.78, 5) is 0. The minimum absolute atomic E-state index is 0.121. The summed E-state index contributed by atoms with van der Waals surface area (Å²) in [7, 11) is 0. The zero-order valence-corrected chi connectivity index (χ0v) is 13.3. The molecule has 110 valence electrons. The fraction of sp³-hybridized carbons (Fsp3) is 0.750. The van der Waals surface area contributed by atoms with E-state index in [9.17, 15) is 0 Å². The molecule has 1 atom stereocenters. The van der Waals surface area contributed by atoms with E-state index in [0.717, 1.165) is 30.9 Å². The molecule has 0 spiro atoms. The van der Waals surface area contributed by atoms with Crippen molar-refractivity contribution in [2.24, 2.45) is 0 Å². The molecule has 1 aromatic heterocycles. The van der Waals surface area contributed by atoms with Crippen LogP contribution in [0, 0.1) is 6.92 Å². The Morgan fingerprint density at radius 3 is 2.63 bits per heavy atom. The largest absolute Gasteiger partial charge is 0.464 e. The predicted molar refractivity (Wildman–Crippen MR) is 79.2 cm³/mol. The van der Waals surface area contributed by atoms with Crippen molar-refractivity contribution in [3.8, 4) is 0 Å². The van der Waals surface area contributed by atoms with Gasteiger partial charge in [0.15, 0.2) is 0 Å². The minimum Gasteiger partial charge on any atom is -0.464 e. The highest BCUT2D eigenvalue weighted by atomic mass is 16.5. The molecule has 0 saturated heterocycles. The lowest BCUT2D eigenvalue weighted by molar-refractivity contribution is 0.0369. The van der Waals surface area contributed by atoms with Crippen LogP contribution in [0.1, 0.15) is 64.5 Å². The average Bonchev–Trinajstić information content (AvgIpc) is 2.64. The number of rotatable bonds is 7. The minimum atomic E-state index is 0.121. The zero-order valence-electron chi connectivity index (χ0n) is 13.3. The van der Waals surface area contributed by atoms with E-state index in [1.807, 2.05) is 6.92 Å².